The number of aliphatic imine (C=N–C) groups is 1. The number of methoxy groups -OCH3 is 2. The van der Waals surface area contributed by atoms with Crippen LogP contribution in [-0.2, 0) is 6.42 Å². The average molecular weight is 483 g/mol. The van der Waals surface area contributed by atoms with E-state index in [1.165, 1.54) is 16.7 Å². The Kier molecular flexibility index (Phi) is 9.41. The molecule has 0 aromatic heterocycles. The highest BCUT2D eigenvalue weighted by Gasteiger charge is 2.08. The lowest BCUT2D eigenvalue weighted by Gasteiger charge is -2.13. The Hall–Kier alpha value is -1.96. The number of benzene rings is 2. The first-order valence-electron chi connectivity index (χ1n) is 8.78. The number of nitrogens with one attached hydrogen (secondary N) is 1. The van der Waals surface area contributed by atoms with Gasteiger partial charge in [0.1, 0.15) is 0 Å². The lowest BCUT2D eigenvalue weighted by molar-refractivity contribution is 0.354. The number of halogens is 1. The predicted molar refractivity (Wildman–Crippen MR) is 124 cm³/mol. The van der Waals surface area contributed by atoms with Crippen LogP contribution in [-0.4, -0.2) is 26.7 Å². The van der Waals surface area contributed by atoms with Crippen molar-refractivity contribution in [1.82, 2.24) is 0 Å². The summed E-state index contributed by atoms with van der Waals surface area (Å²) < 4.78 is 10.6. The first-order valence-corrected chi connectivity index (χ1v) is 8.78. The highest BCUT2D eigenvalue weighted by atomic mass is 127. The zero-order valence-electron chi connectivity index (χ0n) is 16.7. The van der Waals surface area contributed by atoms with E-state index >= 15 is 0 Å². The number of rotatable bonds is 7. The number of hydrogen-bond acceptors (Lipinski definition) is 3. The normalized spacial score (nSPS) is 12.1. The summed E-state index contributed by atoms with van der Waals surface area (Å²) >= 11 is 0. The van der Waals surface area contributed by atoms with Gasteiger partial charge in [-0.15, -0.1) is 24.0 Å². The third-order valence-electron chi connectivity index (χ3n) is 4.38. The molecular weight excluding hydrogens is 453 g/mol. The van der Waals surface area contributed by atoms with Gasteiger partial charge in [0.05, 0.1) is 14.2 Å². The van der Waals surface area contributed by atoms with E-state index < -0.39 is 0 Å². The molecule has 27 heavy (non-hydrogen) atoms. The van der Waals surface area contributed by atoms with Crippen LogP contribution < -0.4 is 20.5 Å². The largest absolute Gasteiger partial charge is 0.493 e. The highest BCUT2D eigenvalue weighted by molar-refractivity contribution is 14.0. The fourth-order valence-corrected chi connectivity index (χ4v) is 2.74. The summed E-state index contributed by atoms with van der Waals surface area (Å²) in [6.07, 6.45) is 0.890. The SMILES string of the molecule is COc1ccc(CC(C)CN=C(N)Nc2ccc(C)c(C)c2)cc1OC.I. The van der Waals surface area contributed by atoms with Gasteiger partial charge in [0.15, 0.2) is 17.5 Å². The van der Waals surface area contributed by atoms with E-state index in [9.17, 15) is 0 Å². The molecular formula is C21H30IN3O2. The van der Waals surface area contributed by atoms with Crippen LogP contribution in [0.5, 0.6) is 11.5 Å². The lowest BCUT2D eigenvalue weighted by Crippen LogP contribution is -2.24. The Labute approximate surface area is 179 Å². The summed E-state index contributed by atoms with van der Waals surface area (Å²) in [5.74, 6) is 2.28. The number of nitrogens with two attached hydrogens (primary N) is 1. The maximum atomic E-state index is 6.02. The zero-order valence-corrected chi connectivity index (χ0v) is 19.0. The molecule has 0 spiro atoms. The summed E-state index contributed by atoms with van der Waals surface area (Å²) in [6.45, 7) is 6.98. The molecule has 2 rings (SSSR count). The molecule has 1 atom stereocenters. The molecule has 0 saturated carbocycles. The molecule has 0 aliphatic carbocycles. The molecule has 0 saturated heterocycles. The summed E-state index contributed by atoms with van der Waals surface area (Å²) in [5, 5.41) is 3.15. The zero-order chi connectivity index (χ0) is 19.1. The molecule has 2 aromatic rings. The monoisotopic (exact) mass is 483 g/mol. The second-order valence-electron chi connectivity index (χ2n) is 6.65. The van der Waals surface area contributed by atoms with Gasteiger partial charge in [-0.25, -0.2) is 0 Å². The molecule has 0 bridgehead atoms. The molecule has 0 fully saturated rings. The van der Waals surface area contributed by atoms with E-state index in [2.05, 4.69) is 49.3 Å². The molecule has 6 heteroatoms. The van der Waals surface area contributed by atoms with Gasteiger partial charge in [0.25, 0.3) is 0 Å². The second kappa shape index (κ2) is 11.0. The Bertz CT molecular complexity index is 778. The molecule has 0 aliphatic rings. The van der Waals surface area contributed by atoms with Crippen LogP contribution in [0.3, 0.4) is 0 Å². The number of nitrogens with zero attached hydrogens (tertiary/aromatic N) is 1. The molecule has 3 N–H and O–H groups in total. The van der Waals surface area contributed by atoms with Crippen molar-refractivity contribution in [2.75, 3.05) is 26.1 Å². The molecule has 0 amide bonds. The average Bonchev–Trinajstić information content (AvgIpc) is 2.63. The first kappa shape index (κ1) is 23.1. The van der Waals surface area contributed by atoms with Gasteiger partial charge in [-0.05, 0) is 67.1 Å². The van der Waals surface area contributed by atoms with Gasteiger partial charge < -0.3 is 20.5 Å². The Morgan fingerprint density at radius 2 is 1.74 bits per heavy atom. The van der Waals surface area contributed by atoms with Crippen molar-refractivity contribution in [3.05, 3.63) is 53.1 Å². The topological polar surface area (TPSA) is 68.9 Å². The Balaban J connectivity index is 0.00000364. The van der Waals surface area contributed by atoms with Gasteiger partial charge in [-0.3, -0.25) is 4.99 Å². The third-order valence-corrected chi connectivity index (χ3v) is 4.38. The van der Waals surface area contributed by atoms with Crippen molar-refractivity contribution < 1.29 is 9.47 Å². The Morgan fingerprint density at radius 3 is 2.37 bits per heavy atom. The van der Waals surface area contributed by atoms with E-state index in [4.69, 9.17) is 15.2 Å². The van der Waals surface area contributed by atoms with Gasteiger partial charge in [0, 0.05) is 12.2 Å². The fourth-order valence-electron chi connectivity index (χ4n) is 2.74. The van der Waals surface area contributed by atoms with E-state index in [1.807, 2.05) is 18.2 Å². The van der Waals surface area contributed by atoms with Crippen molar-refractivity contribution in [1.29, 1.82) is 0 Å². The molecule has 0 radical (unpaired) electrons. The van der Waals surface area contributed by atoms with Crippen LogP contribution in [0, 0.1) is 19.8 Å². The number of aryl methyl sites for hydroxylation is 2. The smallest absolute Gasteiger partial charge is 0.193 e. The van der Waals surface area contributed by atoms with Crippen molar-refractivity contribution in [3.8, 4) is 11.5 Å². The van der Waals surface area contributed by atoms with Gasteiger partial charge in [-0.1, -0.05) is 19.1 Å². The number of anilines is 1. The number of hydrogen-bond donors (Lipinski definition) is 2. The van der Waals surface area contributed by atoms with Gasteiger partial charge in [0.2, 0.25) is 0 Å². The van der Waals surface area contributed by atoms with Crippen LogP contribution in [0.2, 0.25) is 0 Å². The van der Waals surface area contributed by atoms with Crippen LogP contribution in [0.1, 0.15) is 23.6 Å². The van der Waals surface area contributed by atoms with Crippen molar-refractivity contribution in [2.24, 2.45) is 16.6 Å². The minimum atomic E-state index is 0. The van der Waals surface area contributed by atoms with Crippen molar-refractivity contribution in [3.63, 3.8) is 0 Å². The number of ether oxygens (including phenoxy) is 2. The van der Waals surface area contributed by atoms with E-state index in [0.717, 1.165) is 23.6 Å². The van der Waals surface area contributed by atoms with Gasteiger partial charge in [-0.2, -0.15) is 0 Å². The molecule has 1 unspecified atom stereocenters. The lowest BCUT2D eigenvalue weighted by atomic mass is 10.0. The van der Waals surface area contributed by atoms with E-state index in [-0.39, 0.29) is 24.0 Å². The molecule has 0 heterocycles. The quantitative estimate of drug-likeness (QED) is 0.345. The van der Waals surface area contributed by atoms with Gasteiger partial charge >= 0.3 is 0 Å². The maximum absolute atomic E-state index is 6.02. The van der Waals surface area contributed by atoms with Crippen molar-refractivity contribution in [2.45, 2.75) is 27.2 Å². The third kappa shape index (κ3) is 6.93. The number of guanidine groups is 1. The fraction of sp³-hybridized carbons (Fsp3) is 0.381. The summed E-state index contributed by atoms with van der Waals surface area (Å²) in [4.78, 5) is 4.47. The summed E-state index contributed by atoms with van der Waals surface area (Å²) in [5.41, 5.74) is 10.7. The predicted octanol–water partition coefficient (Wildman–Crippen LogP) is 4.54. The van der Waals surface area contributed by atoms with E-state index in [1.54, 1.807) is 14.2 Å². The van der Waals surface area contributed by atoms with Crippen LogP contribution in [0.4, 0.5) is 5.69 Å². The van der Waals surface area contributed by atoms with Crippen LogP contribution >= 0.6 is 24.0 Å². The first-order chi connectivity index (χ1) is 12.4. The molecule has 148 valence electrons. The summed E-state index contributed by atoms with van der Waals surface area (Å²) in [6, 6.07) is 12.2. The molecule has 5 nitrogen and oxygen atoms in total. The molecule has 0 aliphatic heterocycles. The Morgan fingerprint density at radius 1 is 1.04 bits per heavy atom. The minimum absolute atomic E-state index is 0. The van der Waals surface area contributed by atoms with E-state index in [0.29, 0.717) is 18.4 Å². The maximum Gasteiger partial charge on any atom is 0.193 e. The minimum Gasteiger partial charge on any atom is -0.493 e. The van der Waals surface area contributed by atoms with Crippen molar-refractivity contribution >= 4 is 35.6 Å². The van der Waals surface area contributed by atoms with Crippen LogP contribution in [0.15, 0.2) is 41.4 Å². The summed E-state index contributed by atoms with van der Waals surface area (Å²) in [7, 11) is 3.29. The standard InChI is InChI=1S/C21H29N3O2.HI/c1-14(10-17-7-9-19(25-4)20(12-17)26-5)13-23-21(22)24-18-8-6-15(2)16(3)11-18;/h6-9,11-12,14H,10,13H2,1-5H3,(H3,22,23,24);1H. The molecule has 2 aromatic carbocycles. The second-order valence-corrected chi connectivity index (χ2v) is 6.65. The highest BCUT2D eigenvalue weighted by Crippen LogP contribution is 2.28. The van der Waals surface area contributed by atoms with Crippen LogP contribution in [0.25, 0.3) is 0 Å².